The van der Waals surface area contributed by atoms with E-state index in [9.17, 15) is 9.59 Å². The van der Waals surface area contributed by atoms with Crippen molar-refractivity contribution in [2.24, 2.45) is 11.8 Å². The van der Waals surface area contributed by atoms with Crippen molar-refractivity contribution < 1.29 is 19.1 Å². The number of ether oxygens (including phenoxy) is 2. The fraction of sp³-hybridized carbons (Fsp3) is 0.533. The van der Waals surface area contributed by atoms with Gasteiger partial charge in [-0.1, -0.05) is 13.8 Å². The molecule has 6 nitrogen and oxygen atoms in total. The maximum Gasteiger partial charge on any atom is 0.308 e. The number of hydrogen-bond donors (Lipinski definition) is 0. The van der Waals surface area contributed by atoms with Gasteiger partial charge in [-0.25, -0.2) is 0 Å². The molecule has 4 aliphatic rings. The second-order valence-electron chi connectivity index (χ2n) is 11.7. The molecule has 2 aliphatic carbocycles. The molecule has 1 amide bonds. The van der Waals surface area contributed by atoms with Gasteiger partial charge in [0.25, 0.3) is 0 Å². The van der Waals surface area contributed by atoms with Crippen LogP contribution in [0.5, 0.6) is 11.5 Å². The zero-order valence-electron chi connectivity index (χ0n) is 22.4. The van der Waals surface area contributed by atoms with Gasteiger partial charge in [-0.2, -0.15) is 0 Å². The van der Waals surface area contributed by atoms with E-state index in [-0.39, 0.29) is 29.4 Å². The number of benzene rings is 1. The Morgan fingerprint density at radius 1 is 1.34 bits per heavy atom. The van der Waals surface area contributed by atoms with Gasteiger partial charge in [0.15, 0.2) is 0 Å². The number of rotatable bonds is 6. The number of halogens is 1. The molecule has 202 valence electrons. The minimum Gasteiger partial charge on any atom is -0.487 e. The lowest BCUT2D eigenvalue weighted by Crippen LogP contribution is -2.68. The third kappa shape index (κ3) is 4.14. The summed E-state index contributed by atoms with van der Waals surface area (Å²) in [5, 5.41) is 2.03. The average Bonchev–Trinajstić information content (AvgIpc) is 3.44. The van der Waals surface area contributed by atoms with Crippen LogP contribution in [0.25, 0.3) is 6.08 Å². The highest BCUT2D eigenvalue weighted by Gasteiger charge is 2.66. The van der Waals surface area contributed by atoms with Crippen LogP contribution in [0.3, 0.4) is 0 Å². The third-order valence-electron chi connectivity index (χ3n) is 9.04. The molecule has 2 bridgehead atoms. The van der Waals surface area contributed by atoms with Gasteiger partial charge in [-0.3, -0.25) is 9.59 Å². The van der Waals surface area contributed by atoms with Crippen LogP contribution in [0.15, 0.2) is 34.1 Å². The van der Waals surface area contributed by atoms with Crippen LogP contribution in [0.2, 0.25) is 0 Å². The minimum atomic E-state index is -0.297. The molecule has 1 spiro atoms. The Morgan fingerprint density at radius 2 is 2.16 bits per heavy atom. The number of likely N-dealkylation sites (tertiary alicyclic amines) is 1. The fourth-order valence-corrected chi connectivity index (χ4v) is 9.06. The average molecular weight is 600 g/mol. The van der Waals surface area contributed by atoms with Crippen molar-refractivity contribution in [3.05, 3.63) is 50.1 Å². The predicted octanol–water partition coefficient (Wildman–Crippen LogP) is 5.67. The number of esters is 1. The summed E-state index contributed by atoms with van der Waals surface area (Å²) in [5.74, 6) is 2.12. The number of likely N-dealkylation sites (N-methyl/N-ethyl adjacent to an activating group) is 1. The SMILES string of the molecule is CC(=O)Oc1ccc2c3c1C[C@@H]1[C@@H]4CC[C@H](N(CC(C)C)C(=O)/C=C/c5cc(Br)cs5)[C@H](O2)[C@]34CCN1C. The topological polar surface area (TPSA) is 59.1 Å². The quantitative estimate of drug-likeness (QED) is 0.243. The van der Waals surface area contributed by atoms with Crippen molar-refractivity contribution in [2.45, 2.75) is 70.1 Å². The zero-order valence-corrected chi connectivity index (χ0v) is 24.8. The summed E-state index contributed by atoms with van der Waals surface area (Å²) in [6.45, 7) is 7.49. The van der Waals surface area contributed by atoms with Crippen molar-refractivity contribution in [3.8, 4) is 11.5 Å². The summed E-state index contributed by atoms with van der Waals surface area (Å²) in [7, 11) is 2.22. The first-order valence-corrected chi connectivity index (χ1v) is 15.3. The van der Waals surface area contributed by atoms with Gasteiger partial charge in [0.05, 0.1) is 6.04 Å². The normalized spacial score (nSPS) is 29.3. The number of piperidine rings is 1. The summed E-state index contributed by atoms with van der Waals surface area (Å²) in [5.41, 5.74) is 2.20. The number of thiophene rings is 1. The molecule has 1 aromatic heterocycles. The first-order chi connectivity index (χ1) is 18.2. The van der Waals surface area contributed by atoms with Crippen molar-refractivity contribution in [1.82, 2.24) is 9.80 Å². The predicted molar refractivity (Wildman–Crippen MR) is 153 cm³/mol. The van der Waals surface area contributed by atoms with E-state index in [4.69, 9.17) is 9.47 Å². The molecule has 8 heteroatoms. The molecule has 3 heterocycles. The molecular formula is C30H35BrN2O4S. The number of carbonyl (C=O) groups is 2. The van der Waals surface area contributed by atoms with E-state index in [1.54, 1.807) is 17.4 Å². The highest BCUT2D eigenvalue weighted by Crippen LogP contribution is 2.63. The summed E-state index contributed by atoms with van der Waals surface area (Å²) in [6, 6.07) is 6.27. The summed E-state index contributed by atoms with van der Waals surface area (Å²) < 4.78 is 13.6. The van der Waals surface area contributed by atoms with Crippen LogP contribution in [0, 0.1) is 11.8 Å². The fourth-order valence-electron chi connectivity index (χ4n) is 7.73. The Balaban J connectivity index is 1.41. The standard InChI is InChI=1S/C30H35BrN2O4S/c1-17(2)15-33(27(35)10-5-20-13-19(31)16-38-20)23-7-6-22-24-14-21-25(36-18(3)34)8-9-26-28(21)30(22,29(23)37-26)11-12-32(24)4/h5,8-10,13,16-17,22-24,29H,6-7,11-12,14-15H2,1-4H3/b10-5+/t22-,23-,24+,29-,30-/m0/s1. The molecule has 0 N–H and O–H groups in total. The molecule has 2 fully saturated rings. The molecular weight excluding hydrogens is 564 g/mol. The van der Waals surface area contributed by atoms with E-state index >= 15 is 0 Å². The highest BCUT2D eigenvalue weighted by molar-refractivity contribution is 9.10. The van der Waals surface area contributed by atoms with Gasteiger partial charge in [0, 0.05) is 56.9 Å². The first kappa shape index (κ1) is 26.1. The van der Waals surface area contributed by atoms with E-state index in [1.165, 1.54) is 12.5 Å². The van der Waals surface area contributed by atoms with Crippen LogP contribution in [0.4, 0.5) is 0 Å². The van der Waals surface area contributed by atoms with Crippen molar-refractivity contribution >= 4 is 45.2 Å². The Hall–Kier alpha value is -2.16. The van der Waals surface area contributed by atoms with E-state index in [1.807, 2.05) is 29.7 Å². The van der Waals surface area contributed by atoms with Gasteiger partial charge in [-0.05, 0) is 91.3 Å². The molecule has 6 rings (SSSR count). The Kier molecular flexibility index (Phi) is 6.72. The molecule has 5 atom stereocenters. The first-order valence-electron chi connectivity index (χ1n) is 13.6. The van der Waals surface area contributed by atoms with Gasteiger partial charge in [0.2, 0.25) is 5.91 Å². The summed E-state index contributed by atoms with van der Waals surface area (Å²) in [6.07, 6.45) is 7.38. The van der Waals surface area contributed by atoms with Crippen LogP contribution >= 0.6 is 27.3 Å². The third-order valence-corrected chi connectivity index (χ3v) is 10.7. The Morgan fingerprint density at radius 3 is 2.87 bits per heavy atom. The second-order valence-corrected chi connectivity index (χ2v) is 13.6. The van der Waals surface area contributed by atoms with E-state index in [0.29, 0.717) is 30.2 Å². The number of carbonyl (C=O) groups excluding carboxylic acids is 2. The Bertz CT molecular complexity index is 1310. The molecule has 1 aromatic carbocycles. The van der Waals surface area contributed by atoms with Gasteiger partial charge >= 0.3 is 5.97 Å². The highest BCUT2D eigenvalue weighted by atomic mass is 79.9. The molecule has 0 radical (unpaired) electrons. The summed E-state index contributed by atoms with van der Waals surface area (Å²) >= 11 is 5.12. The largest absolute Gasteiger partial charge is 0.487 e. The second kappa shape index (κ2) is 9.79. The molecule has 2 aliphatic heterocycles. The Labute approximate surface area is 237 Å². The van der Waals surface area contributed by atoms with Crippen molar-refractivity contribution in [1.29, 1.82) is 0 Å². The molecule has 1 saturated carbocycles. The van der Waals surface area contributed by atoms with Gasteiger partial charge in [-0.15, -0.1) is 11.3 Å². The lowest BCUT2D eigenvalue weighted by Gasteiger charge is -2.60. The van der Waals surface area contributed by atoms with Crippen LogP contribution < -0.4 is 9.47 Å². The minimum absolute atomic E-state index is 0.0135. The van der Waals surface area contributed by atoms with E-state index in [0.717, 1.165) is 52.9 Å². The molecule has 1 saturated heterocycles. The van der Waals surface area contributed by atoms with Crippen molar-refractivity contribution in [3.63, 3.8) is 0 Å². The zero-order chi connectivity index (χ0) is 26.8. The molecule has 0 unspecified atom stereocenters. The van der Waals surface area contributed by atoms with E-state index in [2.05, 4.69) is 46.6 Å². The summed E-state index contributed by atoms with van der Waals surface area (Å²) in [4.78, 5) is 31.4. The molecule has 38 heavy (non-hydrogen) atoms. The van der Waals surface area contributed by atoms with Crippen LogP contribution in [0.1, 0.15) is 56.0 Å². The molecule has 2 aromatic rings. The van der Waals surface area contributed by atoms with Crippen LogP contribution in [-0.2, 0) is 21.4 Å². The number of amides is 1. The number of nitrogens with zero attached hydrogens (tertiary/aromatic N) is 2. The lowest BCUT2D eigenvalue weighted by molar-refractivity contribution is -0.138. The van der Waals surface area contributed by atoms with Gasteiger partial charge < -0.3 is 19.3 Å². The maximum atomic E-state index is 13.8. The van der Waals surface area contributed by atoms with Crippen LogP contribution in [-0.4, -0.2) is 60.0 Å². The van der Waals surface area contributed by atoms with Crippen molar-refractivity contribution in [2.75, 3.05) is 20.1 Å². The van der Waals surface area contributed by atoms with Gasteiger partial charge in [0.1, 0.15) is 17.6 Å². The van der Waals surface area contributed by atoms with E-state index < -0.39 is 0 Å². The maximum absolute atomic E-state index is 13.8. The monoisotopic (exact) mass is 598 g/mol. The lowest BCUT2D eigenvalue weighted by atomic mass is 9.51. The smallest absolute Gasteiger partial charge is 0.308 e. The number of hydrogen-bond acceptors (Lipinski definition) is 6.